The van der Waals surface area contributed by atoms with Crippen LogP contribution in [0.2, 0.25) is 0 Å². The molecule has 5 nitrogen and oxygen atoms in total. The van der Waals surface area contributed by atoms with Crippen molar-refractivity contribution < 1.29 is 13.9 Å². The number of amidine groups is 1. The highest BCUT2D eigenvalue weighted by Crippen LogP contribution is 2.34. The highest BCUT2D eigenvalue weighted by Gasteiger charge is 2.35. The smallest absolute Gasteiger partial charge is 0.282 e. The minimum Gasteiger partial charge on any atom is -0.454 e. The summed E-state index contributed by atoms with van der Waals surface area (Å²) in [5.41, 5.74) is 5.58. The minimum atomic E-state index is -0.907. The Morgan fingerprint density at radius 1 is 1.42 bits per heavy atom. The van der Waals surface area contributed by atoms with Crippen molar-refractivity contribution in [2.75, 3.05) is 11.9 Å². The third-order valence-corrected chi connectivity index (χ3v) is 4.94. The van der Waals surface area contributed by atoms with Crippen molar-refractivity contribution in [2.45, 2.75) is 25.9 Å². The van der Waals surface area contributed by atoms with Crippen LogP contribution >= 0.6 is 11.3 Å². The third kappa shape index (κ3) is 3.26. The zero-order chi connectivity index (χ0) is 17.3. The first kappa shape index (κ1) is 16.4. The maximum Gasteiger partial charge on any atom is 0.282 e. The van der Waals surface area contributed by atoms with Gasteiger partial charge >= 0.3 is 0 Å². The van der Waals surface area contributed by atoms with E-state index in [2.05, 4.69) is 10.3 Å². The molecule has 3 rings (SSSR count). The van der Waals surface area contributed by atoms with Gasteiger partial charge in [0.1, 0.15) is 11.4 Å². The topological polar surface area (TPSA) is 76.7 Å². The van der Waals surface area contributed by atoms with E-state index in [4.69, 9.17) is 10.5 Å². The van der Waals surface area contributed by atoms with E-state index >= 15 is 0 Å². The fourth-order valence-corrected chi connectivity index (χ4v) is 3.40. The van der Waals surface area contributed by atoms with E-state index in [1.54, 1.807) is 19.1 Å². The van der Waals surface area contributed by atoms with E-state index in [-0.39, 0.29) is 11.9 Å². The Labute approximate surface area is 143 Å². The van der Waals surface area contributed by atoms with E-state index in [0.29, 0.717) is 29.1 Å². The summed E-state index contributed by atoms with van der Waals surface area (Å²) >= 11 is 1.41. The lowest BCUT2D eigenvalue weighted by Crippen LogP contribution is -2.38. The normalized spacial score (nSPS) is 20.2. The summed E-state index contributed by atoms with van der Waals surface area (Å²) in [6.07, 6.45) is 0.506. The van der Waals surface area contributed by atoms with Gasteiger partial charge in [0.05, 0.1) is 4.88 Å². The van der Waals surface area contributed by atoms with Gasteiger partial charge in [0.25, 0.3) is 11.9 Å². The molecule has 1 aliphatic rings. The quantitative estimate of drug-likeness (QED) is 0.893. The molecule has 0 aliphatic carbocycles. The van der Waals surface area contributed by atoms with Crippen LogP contribution in [0.5, 0.6) is 0 Å². The van der Waals surface area contributed by atoms with Crippen LogP contribution < -0.4 is 11.1 Å². The number of carbonyl (C=O) groups is 1. The maximum absolute atomic E-state index is 14.3. The standard InChI is InChI=1S/C17H18FN3O2S/c1-10-3-6-14(24-10)15(22)21-11-4-5-13(18)12(9-11)17(2)7-8-20-16(19)23-17/h3-6,9H,7-8H2,1-2H3,(H2,19,20)(H,21,22)/t17-/m0/s1. The largest absolute Gasteiger partial charge is 0.454 e. The fraction of sp³-hybridized carbons (Fsp3) is 0.294. The molecule has 24 heavy (non-hydrogen) atoms. The molecule has 1 aromatic heterocycles. The number of aryl methyl sites for hydroxylation is 1. The molecular weight excluding hydrogens is 329 g/mol. The number of amides is 1. The predicted molar refractivity (Wildman–Crippen MR) is 93.0 cm³/mol. The SMILES string of the molecule is Cc1ccc(C(=O)Nc2ccc(F)c([C@]3(C)CCN=C(N)O3)c2)s1. The molecule has 0 saturated carbocycles. The van der Waals surface area contributed by atoms with Gasteiger partial charge in [-0.15, -0.1) is 11.3 Å². The van der Waals surface area contributed by atoms with Crippen molar-refractivity contribution >= 4 is 29.0 Å². The van der Waals surface area contributed by atoms with Gasteiger partial charge in [-0.05, 0) is 44.2 Å². The lowest BCUT2D eigenvalue weighted by molar-refractivity contribution is 0.0482. The third-order valence-electron chi connectivity index (χ3n) is 3.94. The van der Waals surface area contributed by atoms with Crippen molar-refractivity contribution in [3.05, 3.63) is 51.5 Å². The molecule has 1 amide bonds. The van der Waals surface area contributed by atoms with Crippen LogP contribution in [-0.2, 0) is 10.3 Å². The number of nitrogens with one attached hydrogen (secondary N) is 1. The molecule has 1 atom stereocenters. The monoisotopic (exact) mass is 347 g/mol. The Balaban J connectivity index is 1.86. The van der Waals surface area contributed by atoms with E-state index < -0.39 is 11.4 Å². The van der Waals surface area contributed by atoms with Gasteiger partial charge in [-0.25, -0.2) is 9.38 Å². The molecule has 0 bridgehead atoms. The van der Waals surface area contributed by atoms with Gasteiger partial charge in [0, 0.05) is 29.1 Å². The van der Waals surface area contributed by atoms with Crippen molar-refractivity contribution in [1.29, 1.82) is 0 Å². The second-order valence-corrected chi connectivity index (χ2v) is 7.15. The number of aliphatic imine (C=N–C) groups is 1. The average Bonchev–Trinajstić information content (AvgIpc) is 2.95. The second kappa shape index (κ2) is 6.24. The number of carbonyl (C=O) groups excluding carboxylic acids is 1. The summed E-state index contributed by atoms with van der Waals surface area (Å²) in [6, 6.07) is 8.14. The number of benzene rings is 1. The number of anilines is 1. The van der Waals surface area contributed by atoms with Crippen molar-refractivity contribution in [3.63, 3.8) is 0 Å². The average molecular weight is 347 g/mol. The van der Waals surface area contributed by atoms with Crippen LogP contribution in [0.4, 0.5) is 10.1 Å². The van der Waals surface area contributed by atoms with Gasteiger partial charge in [-0.2, -0.15) is 0 Å². The van der Waals surface area contributed by atoms with Gasteiger partial charge in [-0.1, -0.05) is 0 Å². The van der Waals surface area contributed by atoms with Crippen LogP contribution in [0.3, 0.4) is 0 Å². The summed E-state index contributed by atoms with van der Waals surface area (Å²) in [6.45, 7) is 4.17. The van der Waals surface area contributed by atoms with Crippen LogP contribution in [0.15, 0.2) is 35.3 Å². The Bertz CT molecular complexity index is 818. The van der Waals surface area contributed by atoms with E-state index in [0.717, 1.165) is 4.88 Å². The van der Waals surface area contributed by atoms with Gasteiger partial charge in [-0.3, -0.25) is 4.79 Å². The summed E-state index contributed by atoms with van der Waals surface area (Å²) in [4.78, 5) is 17.9. The molecule has 0 saturated heterocycles. The zero-order valence-corrected chi connectivity index (χ0v) is 14.2. The molecule has 0 fully saturated rings. The number of thiophene rings is 1. The first-order chi connectivity index (χ1) is 11.4. The van der Waals surface area contributed by atoms with E-state index in [1.165, 1.54) is 23.5 Å². The number of halogens is 1. The highest BCUT2D eigenvalue weighted by molar-refractivity contribution is 7.14. The van der Waals surface area contributed by atoms with Crippen LogP contribution in [0.25, 0.3) is 0 Å². The number of hydrogen-bond donors (Lipinski definition) is 2. The maximum atomic E-state index is 14.3. The highest BCUT2D eigenvalue weighted by atomic mass is 32.1. The molecule has 3 N–H and O–H groups in total. The Kier molecular flexibility index (Phi) is 4.28. The molecule has 0 spiro atoms. The van der Waals surface area contributed by atoms with Crippen LogP contribution in [-0.4, -0.2) is 18.5 Å². The number of rotatable bonds is 3. The van der Waals surface area contributed by atoms with Gasteiger partial charge in [0.15, 0.2) is 0 Å². The number of nitrogens with two attached hydrogens (primary N) is 1. The Hall–Kier alpha value is -2.41. The summed E-state index contributed by atoms with van der Waals surface area (Å²) in [5.74, 6) is -0.626. The van der Waals surface area contributed by atoms with Crippen LogP contribution in [0.1, 0.15) is 33.5 Å². The van der Waals surface area contributed by atoms with Crippen molar-refractivity contribution in [1.82, 2.24) is 0 Å². The van der Waals surface area contributed by atoms with Gasteiger partial charge in [0.2, 0.25) is 0 Å². The van der Waals surface area contributed by atoms with Gasteiger partial charge < -0.3 is 15.8 Å². The zero-order valence-electron chi connectivity index (χ0n) is 13.4. The number of nitrogens with zero attached hydrogens (tertiary/aromatic N) is 1. The first-order valence-electron chi connectivity index (χ1n) is 7.54. The molecule has 0 unspecified atom stereocenters. The minimum absolute atomic E-state index is 0.0478. The Morgan fingerprint density at radius 2 is 2.21 bits per heavy atom. The first-order valence-corrected chi connectivity index (χ1v) is 8.36. The van der Waals surface area contributed by atoms with E-state index in [1.807, 2.05) is 13.0 Å². The molecule has 2 aromatic rings. The number of hydrogen-bond acceptors (Lipinski definition) is 5. The van der Waals surface area contributed by atoms with Crippen molar-refractivity contribution in [2.24, 2.45) is 10.7 Å². The van der Waals surface area contributed by atoms with Crippen LogP contribution in [0, 0.1) is 12.7 Å². The summed E-state index contributed by atoms with van der Waals surface area (Å²) in [7, 11) is 0. The van der Waals surface area contributed by atoms with E-state index in [9.17, 15) is 9.18 Å². The molecule has 0 radical (unpaired) electrons. The van der Waals surface area contributed by atoms with Crippen molar-refractivity contribution in [3.8, 4) is 0 Å². The summed E-state index contributed by atoms with van der Waals surface area (Å²) in [5, 5.41) is 2.79. The predicted octanol–water partition coefficient (Wildman–Crippen LogP) is 3.40. The lowest BCUT2D eigenvalue weighted by atomic mass is 9.90. The Morgan fingerprint density at radius 3 is 2.88 bits per heavy atom. The number of ether oxygens (including phenoxy) is 1. The molecule has 126 valence electrons. The molecule has 1 aliphatic heterocycles. The lowest BCUT2D eigenvalue weighted by Gasteiger charge is -2.33. The molecule has 2 heterocycles. The molecule has 1 aromatic carbocycles. The fourth-order valence-electron chi connectivity index (χ4n) is 2.64. The molecular formula is C17H18FN3O2S. The second-order valence-electron chi connectivity index (χ2n) is 5.86. The molecule has 7 heteroatoms. The summed E-state index contributed by atoms with van der Waals surface area (Å²) < 4.78 is 19.9.